The quantitative estimate of drug-likeness (QED) is 0.366. The first-order valence-corrected chi connectivity index (χ1v) is 9.48. The van der Waals surface area contributed by atoms with Gasteiger partial charge in [-0.2, -0.15) is 0 Å². The summed E-state index contributed by atoms with van der Waals surface area (Å²) in [6.07, 6.45) is 1.72. The smallest absolute Gasteiger partial charge is 0.317 e. The third kappa shape index (κ3) is 9.83. The molecule has 3 atom stereocenters. The van der Waals surface area contributed by atoms with Crippen molar-refractivity contribution in [1.82, 2.24) is 0 Å². The number of carbonyl (C=O) groups is 3. The number of thiocarbonyl (C=S) groups is 1. The molecule has 0 spiro atoms. The van der Waals surface area contributed by atoms with Crippen molar-refractivity contribution in [2.45, 2.75) is 44.8 Å². The molecule has 0 amide bonds. The molecular formula is C14H22O6S3. The Morgan fingerprint density at radius 1 is 1.04 bits per heavy atom. The average molecular weight is 383 g/mol. The SMILES string of the molecule is CCCCSC(=S)SC(CC(CC(C)C(=O)O)C(=O)O)C(=O)O. The minimum Gasteiger partial charge on any atom is -0.481 e. The topological polar surface area (TPSA) is 112 Å². The van der Waals surface area contributed by atoms with E-state index in [1.54, 1.807) is 0 Å². The molecule has 0 saturated heterocycles. The fourth-order valence-electron chi connectivity index (χ4n) is 1.73. The molecule has 9 heteroatoms. The Labute approximate surface area is 149 Å². The monoisotopic (exact) mass is 382 g/mol. The Morgan fingerprint density at radius 3 is 2.09 bits per heavy atom. The number of aliphatic carboxylic acids is 3. The van der Waals surface area contributed by atoms with E-state index in [2.05, 4.69) is 0 Å². The molecule has 0 aromatic rings. The van der Waals surface area contributed by atoms with E-state index in [9.17, 15) is 24.6 Å². The van der Waals surface area contributed by atoms with Crippen molar-refractivity contribution in [2.75, 3.05) is 5.75 Å². The Balaban J connectivity index is 4.73. The van der Waals surface area contributed by atoms with Crippen LogP contribution in [0.3, 0.4) is 0 Å². The van der Waals surface area contributed by atoms with Gasteiger partial charge in [0.1, 0.15) is 8.78 Å². The molecule has 0 rings (SSSR count). The van der Waals surface area contributed by atoms with Gasteiger partial charge < -0.3 is 15.3 Å². The van der Waals surface area contributed by atoms with Crippen LogP contribution in [0.5, 0.6) is 0 Å². The van der Waals surface area contributed by atoms with E-state index < -0.39 is 35.0 Å². The van der Waals surface area contributed by atoms with Crippen LogP contribution in [-0.2, 0) is 14.4 Å². The van der Waals surface area contributed by atoms with Crippen molar-refractivity contribution < 1.29 is 29.7 Å². The second-order valence-corrected chi connectivity index (χ2v) is 8.64. The van der Waals surface area contributed by atoms with Gasteiger partial charge in [-0.1, -0.05) is 44.2 Å². The standard InChI is InChI=1S/C14H22O6S3/c1-3-4-5-22-14(21)23-10(13(19)20)7-9(12(17)18)6-8(2)11(15)16/h8-10H,3-7H2,1-2H3,(H,15,16)(H,17,18)(H,19,20). The predicted octanol–water partition coefficient (Wildman–Crippen LogP) is 3.19. The van der Waals surface area contributed by atoms with Crippen LogP contribution in [0.25, 0.3) is 0 Å². The van der Waals surface area contributed by atoms with E-state index >= 15 is 0 Å². The van der Waals surface area contributed by atoms with Crippen LogP contribution in [0.15, 0.2) is 0 Å². The van der Waals surface area contributed by atoms with Crippen LogP contribution in [0, 0.1) is 11.8 Å². The highest BCUT2D eigenvalue weighted by Gasteiger charge is 2.31. The first kappa shape index (κ1) is 22.2. The van der Waals surface area contributed by atoms with Crippen LogP contribution in [0.4, 0.5) is 0 Å². The van der Waals surface area contributed by atoms with Gasteiger partial charge in [0.05, 0.1) is 11.8 Å². The number of thioether (sulfide) groups is 2. The molecule has 0 aromatic carbocycles. The summed E-state index contributed by atoms with van der Waals surface area (Å²) in [5.74, 6) is -4.49. The van der Waals surface area contributed by atoms with Crippen molar-refractivity contribution in [3.63, 3.8) is 0 Å². The average Bonchev–Trinajstić information content (AvgIpc) is 2.45. The molecule has 0 heterocycles. The molecule has 0 saturated carbocycles. The molecule has 0 bridgehead atoms. The number of rotatable bonds is 11. The lowest BCUT2D eigenvalue weighted by Crippen LogP contribution is -2.28. The first-order chi connectivity index (χ1) is 10.7. The maximum Gasteiger partial charge on any atom is 0.317 e. The predicted molar refractivity (Wildman–Crippen MR) is 96.1 cm³/mol. The lowest BCUT2D eigenvalue weighted by Gasteiger charge is -2.19. The molecule has 23 heavy (non-hydrogen) atoms. The van der Waals surface area contributed by atoms with Gasteiger partial charge in [0, 0.05) is 0 Å². The van der Waals surface area contributed by atoms with Crippen molar-refractivity contribution in [3.05, 3.63) is 0 Å². The zero-order valence-corrected chi connectivity index (χ0v) is 15.5. The van der Waals surface area contributed by atoms with Crippen molar-refractivity contribution >= 4 is 57.2 Å². The highest BCUT2D eigenvalue weighted by atomic mass is 32.2. The summed E-state index contributed by atoms with van der Waals surface area (Å²) in [5, 5.41) is 26.4. The second kappa shape index (κ2) is 11.7. The molecule has 0 aliphatic rings. The number of carboxylic acid groups (broad SMARTS) is 3. The highest BCUT2D eigenvalue weighted by Crippen LogP contribution is 2.29. The van der Waals surface area contributed by atoms with Crippen LogP contribution in [0.2, 0.25) is 0 Å². The van der Waals surface area contributed by atoms with Gasteiger partial charge in [-0.3, -0.25) is 14.4 Å². The van der Waals surface area contributed by atoms with E-state index in [1.165, 1.54) is 18.7 Å². The zero-order valence-electron chi connectivity index (χ0n) is 13.1. The molecule has 3 N–H and O–H groups in total. The highest BCUT2D eigenvalue weighted by molar-refractivity contribution is 8.47. The van der Waals surface area contributed by atoms with Crippen LogP contribution in [0.1, 0.15) is 39.5 Å². The summed E-state index contributed by atoms with van der Waals surface area (Å²) in [6, 6.07) is 0. The fraction of sp³-hybridized carbons (Fsp3) is 0.714. The van der Waals surface area contributed by atoms with Gasteiger partial charge in [-0.05, 0) is 25.0 Å². The lowest BCUT2D eigenvalue weighted by atomic mass is 9.92. The molecule has 0 aliphatic carbocycles. The molecule has 132 valence electrons. The first-order valence-electron chi connectivity index (χ1n) is 7.20. The largest absolute Gasteiger partial charge is 0.481 e. The van der Waals surface area contributed by atoms with Crippen LogP contribution < -0.4 is 0 Å². The summed E-state index contributed by atoms with van der Waals surface area (Å²) in [7, 11) is 0. The van der Waals surface area contributed by atoms with Crippen LogP contribution in [-0.4, -0.2) is 47.8 Å². The van der Waals surface area contributed by atoms with Gasteiger partial charge in [0.2, 0.25) is 0 Å². The molecule has 0 radical (unpaired) electrons. The normalized spacial score (nSPS) is 14.7. The van der Waals surface area contributed by atoms with Crippen molar-refractivity contribution in [1.29, 1.82) is 0 Å². The van der Waals surface area contributed by atoms with E-state index in [0.717, 1.165) is 30.4 Å². The fourth-order valence-corrected chi connectivity index (χ4v) is 4.46. The third-order valence-electron chi connectivity index (χ3n) is 3.14. The molecule has 0 aromatic heterocycles. The minimum absolute atomic E-state index is 0.106. The van der Waals surface area contributed by atoms with Gasteiger partial charge in [0.25, 0.3) is 0 Å². The lowest BCUT2D eigenvalue weighted by molar-refractivity contribution is -0.145. The van der Waals surface area contributed by atoms with Gasteiger partial charge in [-0.15, -0.1) is 11.8 Å². The number of hydrogen-bond acceptors (Lipinski definition) is 6. The molecule has 3 unspecified atom stereocenters. The van der Waals surface area contributed by atoms with E-state index in [4.69, 9.17) is 17.3 Å². The van der Waals surface area contributed by atoms with Gasteiger partial charge >= 0.3 is 17.9 Å². The summed E-state index contributed by atoms with van der Waals surface area (Å²) in [4.78, 5) is 33.5. The number of hydrogen-bond donors (Lipinski definition) is 3. The minimum atomic E-state index is -1.19. The van der Waals surface area contributed by atoms with Gasteiger partial charge in [0.15, 0.2) is 0 Å². The second-order valence-electron chi connectivity index (χ2n) is 5.14. The Hall–Kier alpha value is -0.800. The summed E-state index contributed by atoms with van der Waals surface area (Å²) in [5.41, 5.74) is 0. The summed E-state index contributed by atoms with van der Waals surface area (Å²) in [6.45, 7) is 3.45. The maximum atomic E-state index is 11.3. The Kier molecular flexibility index (Phi) is 11.3. The van der Waals surface area contributed by atoms with E-state index in [1.807, 2.05) is 6.92 Å². The summed E-state index contributed by atoms with van der Waals surface area (Å²) >= 11 is 7.49. The van der Waals surface area contributed by atoms with E-state index in [0.29, 0.717) is 3.53 Å². The van der Waals surface area contributed by atoms with Gasteiger partial charge in [-0.25, -0.2) is 0 Å². The molecule has 0 aliphatic heterocycles. The van der Waals surface area contributed by atoms with Crippen molar-refractivity contribution in [2.24, 2.45) is 11.8 Å². The number of unbranched alkanes of at least 4 members (excludes halogenated alkanes) is 1. The number of carboxylic acids is 3. The third-order valence-corrected chi connectivity index (χ3v) is 6.02. The Bertz CT molecular complexity index is 440. The molecule has 6 nitrogen and oxygen atoms in total. The molecule has 0 fully saturated rings. The maximum absolute atomic E-state index is 11.3. The zero-order chi connectivity index (χ0) is 18.0. The van der Waals surface area contributed by atoms with E-state index in [-0.39, 0.29) is 12.8 Å². The van der Waals surface area contributed by atoms with Crippen LogP contribution >= 0.6 is 35.7 Å². The van der Waals surface area contributed by atoms with Crippen molar-refractivity contribution in [3.8, 4) is 0 Å². The summed E-state index contributed by atoms with van der Waals surface area (Å²) < 4.78 is 0.473. The Morgan fingerprint density at radius 2 is 1.65 bits per heavy atom. The molecular weight excluding hydrogens is 360 g/mol.